The smallest absolute Gasteiger partial charge is 0.252 e. The van der Waals surface area contributed by atoms with Crippen LogP contribution in [-0.2, 0) is 0 Å². The molecular weight excluding hydrogens is 304 g/mol. The zero-order valence-electron chi connectivity index (χ0n) is 11.6. The lowest BCUT2D eigenvalue weighted by atomic mass is 10.1. The van der Waals surface area contributed by atoms with Gasteiger partial charge in [0.05, 0.1) is 5.56 Å². The fourth-order valence-corrected chi connectivity index (χ4v) is 2.97. The van der Waals surface area contributed by atoms with Crippen molar-refractivity contribution in [3.8, 4) is 0 Å². The van der Waals surface area contributed by atoms with Gasteiger partial charge in [0, 0.05) is 17.6 Å². The maximum absolute atomic E-state index is 12.2. The first-order valence-electron chi connectivity index (χ1n) is 6.87. The van der Waals surface area contributed by atoms with Crippen LogP contribution in [0.3, 0.4) is 0 Å². The van der Waals surface area contributed by atoms with E-state index in [0.29, 0.717) is 5.92 Å². The normalized spacial score (nSPS) is 19.6. The number of carbonyl (C=O) groups excluding carboxylic acids is 1. The van der Waals surface area contributed by atoms with Crippen LogP contribution in [-0.4, -0.2) is 37.0 Å². The summed E-state index contributed by atoms with van der Waals surface area (Å²) in [6.07, 6.45) is 1.18. The van der Waals surface area contributed by atoms with Crippen molar-refractivity contribution in [2.24, 2.45) is 5.92 Å². The third-order valence-corrected chi connectivity index (χ3v) is 4.86. The highest BCUT2D eigenvalue weighted by molar-refractivity contribution is 9.10. The molecule has 1 aliphatic rings. The monoisotopic (exact) mass is 324 g/mol. The molecule has 19 heavy (non-hydrogen) atoms. The summed E-state index contributed by atoms with van der Waals surface area (Å²) in [6, 6.07) is 5.78. The van der Waals surface area contributed by atoms with Gasteiger partial charge in [0.15, 0.2) is 0 Å². The second-order valence-corrected chi connectivity index (χ2v) is 5.99. The third-order valence-electron chi connectivity index (χ3n) is 3.80. The van der Waals surface area contributed by atoms with Crippen LogP contribution in [0.5, 0.6) is 0 Å². The van der Waals surface area contributed by atoms with Crippen molar-refractivity contribution in [2.75, 3.05) is 26.2 Å². The second kappa shape index (κ2) is 6.53. The molecule has 1 N–H and O–H groups in total. The highest BCUT2D eigenvalue weighted by Gasteiger charge is 2.22. The van der Waals surface area contributed by atoms with Gasteiger partial charge in [-0.2, -0.15) is 0 Å². The Morgan fingerprint density at radius 1 is 1.53 bits per heavy atom. The Morgan fingerprint density at radius 3 is 3.00 bits per heavy atom. The van der Waals surface area contributed by atoms with Crippen LogP contribution in [0.2, 0.25) is 0 Å². The molecular formula is C15H21BrN2O. The minimum absolute atomic E-state index is 0.0190. The van der Waals surface area contributed by atoms with Crippen LogP contribution in [0.15, 0.2) is 22.7 Å². The number of aryl methyl sites for hydroxylation is 1. The molecule has 0 saturated carbocycles. The maximum Gasteiger partial charge on any atom is 0.252 e. The van der Waals surface area contributed by atoms with E-state index in [2.05, 4.69) is 33.1 Å². The Bertz CT molecular complexity index is 461. The lowest BCUT2D eigenvalue weighted by Crippen LogP contribution is -2.31. The summed E-state index contributed by atoms with van der Waals surface area (Å²) in [4.78, 5) is 14.6. The van der Waals surface area contributed by atoms with E-state index in [-0.39, 0.29) is 5.91 Å². The molecule has 0 aromatic heterocycles. The van der Waals surface area contributed by atoms with E-state index in [1.807, 2.05) is 25.1 Å². The first-order chi connectivity index (χ1) is 9.11. The van der Waals surface area contributed by atoms with Gasteiger partial charge in [-0.1, -0.05) is 19.1 Å². The Labute approximate surface area is 123 Å². The van der Waals surface area contributed by atoms with Crippen LogP contribution < -0.4 is 5.32 Å². The predicted molar refractivity (Wildman–Crippen MR) is 81.4 cm³/mol. The van der Waals surface area contributed by atoms with Gasteiger partial charge in [-0.25, -0.2) is 0 Å². The highest BCUT2D eigenvalue weighted by Crippen LogP contribution is 2.21. The molecule has 1 atom stereocenters. The lowest BCUT2D eigenvalue weighted by Gasteiger charge is -2.14. The van der Waals surface area contributed by atoms with Crippen LogP contribution in [0, 0.1) is 12.8 Å². The number of hydrogen-bond acceptors (Lipinski definition) is 2. The number of nitrogens with one attached hydrogen (secondary N) is 1. The van der Waals surface area contributed by atoms with Gasteiger partial charge in [0.2, 0.25) is 0 Å². The Balaban J connectivity index is 1.90. The van der Waals surface area contributed by atoms with E-state index in [0.717, 1.165) is 41.8 Å². The van der Waals surface area contributed by atoms with Crippen molar-refractivity contribution in [3.63, 3.8) is 0 Å². The molecule has 0 radical (unpaired) electrons. The molecule has 0 spiro atoms. The topological polar surface area (TPSA) is 32.3 Å². The SMILES string of the molecule is CCN1CCC(CNC(=O)c2cccc(C)c2Br)C1. The van der Waals surface area contributed by atoms with Gasteiger partial charge in [0.25, 0.3) is 5.91 Å². The number of nitrogens with zero attached hydrogens (tertiary/aromatic N) is 1. The zero-order chi connectivity index (χ0) is 13.8. The number of hydrogen-bond donors (Lipinski definition) is 1. The van der Waals surface area contributed by atoms with Crippen molar-refractivity contribution in [1.82, 2.24) is 10.2 Å². The lowest BCUT2D eigenvalue weighted by molar-refractivity contribution is 0.0946. The Kier molecular flexibility index (Phi) is 4.99. The molecule has 0 bridgehead atoms. The number of halogens is 1. The van der Waals surface area contributed by atoms with Crippen LogP contribution in [0.4, 0.5) is 0 Å². The maximum atomic E-state index is 12.2. The van der Waals surface area contributed by atoms with E-state index >= 15 is 0 Å². The summed E-state index contributed by atoms with van der Waals surface area (Å²) < 4.78 is 0.897. The van der Waals surface area contributed by atoms with Crippen LogP contribution in [0.25, 0.3) is 0 Å². The van der Waals surface area contributed by atoms with Gasteiger partial charge < -0.3 is 10.2 Å². The fraction of sp³-hybridized carbons (Fsp3) is 0.533. The summed E-state index contributed by atoms with van der Waals surface area (Å²) in [6.45, 7) is 8.32. The van der Waals surface area contributed by atoms with Gasteiger partial charge in [-0.05, 0) is 59.9 Å². The average Bonchev–Trinajstić information content (AvgIpc) is 2.87. The second-order valence-electron chi connectivity index (χ2n) is 5.19. The van der Waals surface area contributed by atoms with Crippen molar-refractivity contribution in [3.05, 3.63) is 33.8 Å². The van der Waals surface area contributed by atoms with Gasteiger partial charge in [-0.3, -0.25) is 4.79 Å². The predicted octanol–water partition coefficient (Wildman–Crippen LogP) is 2.83. The molecule has 1 unspecified atom stereocenters. The molecule has 1 aromatic rings. The Morgan fingerprint density at radius 2 is 2.32 bits per heavy atom. The zero-order valence-corrected chi connectivity index (χ0v) is 13.2. The van der Waals surface area contributed by atoms with Crippen molar-refractivity contribution < 1.29 is 4.79 Å². The minimum Gasteiger partial charge on any atom is -0.352 e. The summed E-state index contributed by atoms with van der Waals surface area (Å²) in [5.41, 5.74) is 1.82. The minimum atomic E-state index is 0.0190. The third kappa shape index (κ3) is 3.57. The first kappa shape index (κ1) is 14.5. The summed E-state index contributed by atoms with van der Waals surface area (Å²) in [5.74, 6) is 0.609. The molecule has 1 heterocycles. The summed E-state index contributed by atoms with van der Waals surface area (Å²) >= 11 is 3.49. The summed E-state index contributed by atoms with van der Waals surface area (Å²) in [5, 5.41) is 3.06. The molecule has 4 heteroatoms. The van der Waals surface area contributed by atoms with Gasteiger partial charge in [0.1, 0.15) is 0 Å². The van der Waals surface area contributed by atoms with Crippen LogP contribution in [0.1, 0.15) is 29.3 Å². The van der Waals surface area contributed by atoms with E-state index in [1.165, 1.54) is 6.42 Å². The van der Waals surface area contributed by atoms with E-state index < -0.39 is 0 Å². The number of carbonyl (C=O) groups is 1. The van der Waals surface area contributed by atoms with Crippen molar-refractivity contribution >= 4 is 21.8 Å². The number of likely N-dealkylation sites (tertiary alicyclic amines) is 1. The van der Waals surface area contributed by atoms with E-state index in [9.17, 15) is 4.79 Å². The fourth-order valence-electron chi connectivity index (χ4n) is 2.52. The van der Waals surface area contributed by atoms with Crippen molar-refractivity contribution in [1.29, 1.82) is 0 Å². The van der Waals surface area contributed by atoms with Gasteiger partial charge >= 0.3 is 0 Å². The quantitative estimate of drug-likeness (QED) is 0.923. The van der Waals surface area contributed by atoms with Crippen molar-refractivity contribution in [2.45, 2.75) is 20.3 Å². The number of benzene rings is 1. The largest absolute Gasteiger partial charge is 0.352 e. The summed E-state index contributed by atoms with van der Waals surface area (Å²) in [7, 11) is 0. The molecule has 1 amide bonds. The number of amides is 1. The highest BCUT2D eigenvalue weighted by atomic mass is 79.9. The number of rotatable bonds is 4. The molecule has 1 fully saturated rings. The molecule has 1 aliphatic heterocycles. The van der Waals surface area contributed by atoms with Crippen LogP contribution >= 0.6 is 15.9 Å². The van der Waals surface area contributed by atoms with E-state index in [4.69, 9.17) is 0 Å². The molecule has 104 valence electrons. The van der Waals surface area contributed by atoms with Gasteiger partial charge in [-0.15, -0.1) is 0 Å². The molecule has 1 aromatic carbocycles. The molecule has 3 nitrogen and oxygen atoms in total. The van der Waals surface area contributed by atoms with E-state index in [1.54, 1.807) is 0 Å². The molecule has 0 aliphatic carbocycles. The standard InChI is InChI=1S/C15H21BrN2O/c1-3-18-8-7-12(10-18)9-17-15(19)13-6-4-5-11(2)14(13)16/h4-6,12H,3,7-10H2,1-2H3,(H,17,19). The first-order valence-corrected chi connectivity index (χ1v) is 7.66. The average molecular weight is 325 g/mol. The Hall–Kier alpha value is -0.870. The molecule has 2 rings (SSSR count). The molecule has 1 saturated heterocycles.